The Morgan fingerprint density at radius 2 is 2.22 bits per heavy atom. The summed E-state index contributed by atoms with van der Waals surface area (Å²) < 4.78 is 0. The van der Waals surface area contributed by atoms with E-state index in [0.29, 0.717) is 11.0 Å². The van der Waals surface area contributed by atoms with Gasteiger partial charge in [-0.15, -0.1) is 0 Å². The van der Waals surface area contributed by atoms with Crippen molar-refractivity contribution in [2.24, 2.45) is 5.73 Å². The molecule has 0 amide bonds. The number of hydrogen-bond acceptors (Lipinski definition) is 4. The maximum absolute atomic E-state index is 5.79. The van der Waals surface area contributed by atoms with Gasteiger partial charge in [0, 0.05) is 11.7 Å². The van der Waals surface area contributed by atoms with E-state index in [4.69, 9.17) is 18.0 Å². The average Bonchev–Trinajstić information content (AvgIpc) is 2.24. The molecule has 100 valence electrons. The van der Waals surface area contributed by atoms with Crippen molar-refractivity contribution in [3.05, 3.63) is 22.9 Å². The van der Waals surface area contributed by atoms with Crippen molar-refractivity contribution in [1.29, 1.82) is 0 Å². The van der Waals surface area contributed by atoms with E-state index in [9.17, 15) is 0 Å². The summed E-state index contributed by atoms with van der Waals surface area (Å²) in [6.07, 6.45) is 3.20. The van der Waals surface area contributed by atoms with Crippen LogP contribution in [0.1, 0.15) is 30.2 Å². The molecular formula is C13H21N3S2. The van der Waals surface area contributed by atoms with Crippen LogP contribution < -0.4 is 11.1 Å². The summed E-state index contributed by atoms with van der Waals surface area (Å²) >= 11 is 6.96. The normalized spacial score (nSPS) is 12.2. The topological polar surface area (TPSA) is 50.9 Å². The molecule has 3 nitrogen and oxygen atoms in total. The van der Waals surface area contributed by atoms with Crippen LogP contribution in [0.2, 0.25) is 0 Å². The van der Waals surface area contributed by atoms with Crippen LogP contribution in [-0.4, -0.2) is 28.0 Å². The van der Waals surface area contributed by atoms with Crippen LogP contribution in [0.4, 0.5) is 5.82 Å². The van der Waals surface area contributed by atoms with Gasteiger partial charge in [-0.05, 0) is 50.8 Å². The Bertz CT molecular complexity index is 432. The third-order valence-corrected chi connectivity index (χ3v) is 3.58. The van der Waals surface area contributed by atoms with E-state index in [1.54, 1.807) is 0 Å². The zero-order valence-electron chi connectivity index (χ0n) is 11.4. The summed E-state index contributed by atoms with van der Waals surface area (Å²) in [5, 5.41) is 3.42. The second-order valence-corrected chi connectivity index (χ2v) is 5.92. The fourth-order valence-electron chi connectivity index (χ4n) is 1.85. The van der Waals surface area contributed by atoms with Crippen LogP contribution in [0.3, 0.4) is 0 Å². The fraction of sp³-hybridized carbons (Fsp3) is 0.538. The Kier molecular flexibility index (Phi) is 5.88. The Labute approximate surface area is 119 Å². The maximum atomic E-state index is 5.79. The summed E-state index contributed by atoms with van der Waals surface area (Å²) in [7, 11) is 0. The zero-order valence-corrected chi connectivity index (χ0v) is 13.0. The highest BCUT2D eigenvalue weighted by atomic mass is 32.2. The summed E-state index contributed by atoms with van der Waals surface area (Å²) in [6, 6.07) is 2.37. The first-order valence-electron chi connectivity index (χ1n) is 5.99. The molecule has 0 aliphatic carbocycles. The number of pyridine rings is 1. The fourth-order valence-corrected chi connectivity index (χ4v) is 2.70. The highest BCUT2D eigenvalue weighted by molar-refractivity contribution is 7.98. The lowest BCUT2D eigenvalue weighted by molar-refractivity contribution is 0.765. The van der Waals surface area contributed by atoms with Gasteiger partial charge in [-0.2, -0.15) is 11.8 Å². The van der Waals surface area contributed by atoms with Crippen LogP contribution in [0.15, 0.2) is 6.07 Å². The number of aryl methyl sites for hydroxylation is 2. The highest BCUT2D eigenvalue weighted by Crippen LogP contribution is 2.20. The Morgan fingerprint density at radius 3 is 2.78 bits per heavy atom. The van der Waals surface area contributed by atoms with Gasteiger partial charge in [-0.25, -0.2) is 4.98 Å². The van der Waals surface area contributed by atoms with E-state index in [1.807, 2.05) is 31.7 Å². The number of hydrogen-bond donors (Lipinski definition) is 2. The molecule has 0 aliphatic heterocycles. The molecule has 0 fully saturated rings. The predicted molar refractivity (Wildman–Crippen MR) is 85.7 cm³/mol. The lowest BCUT2D eigenvalue weighted by Crippen LogP contribution is -2.22. The molecular weight excluding hydrogens is 262 g/mol. The number of nitrogens with one attached hydrogen (secondary N) is 1. The van der Waals surface area contributed by atoms with Gasteiger partial charge in [0.1, 0.15) is 10.8 Å². The summed E-state index contributed by atoms with van der Waals surface area (Å²) in [5.41, 5.74) is 8.71. The Hall–Kier alpha value is -0.810. The molecule has 3 N–H and O–H groups in total. The molecule has 1 aromatic rings. The van der Waals surface area contributed by atoms with Crippen molar-refractivity contribution < 1.29 is 0 Å². The SMILES string of the molecule is CSCCC(C)Nc1nc(C)cc(C)c1C(N)=S. The van der Waals surface area contributed by atoms with Gasteiger partial charge < -0.3 is 11.1 Å². The van der Waals surface area contributed by atoms with Crippen LogP contribution in [0.5, 0.6) is 0 Å². The minimum absolute atomic E-state index is 0.360. The minimum atomic E-state index is 0.360. The van der Waals surface area contributed by atoms with E-state index in [2.05, 4.69) is 23.5 Å². The van der Waals surface area contributed by atoms with Gasteiger partial charge in [0.05, 0.1) is 5.56 Å². The van der Waals surface area contributed by atoms with E-state index in [-0.39, 0.29) is 0 Å². The van der Waals surface area contributed by atoms with Gasteiger partial charge in [0.15, 0.2) is 0 Å². The molecule has 0 saturated carbocycles. The molecule has 1 heterocycles. The summed E-state index contributed by atoms with van der Waals surface area (Å²) in [6.45, 7) is 6.15. The number of thiocarbonyl (C=S) groups is 1. The smallest absolute Gasteiger partial charge is 0.136 e. The highest BCUT2D eigenvalue weighted by Gasteiger charge is 2.13. The lowest BCUT2D eigenvalue weighted by atomic mass is 10.1. The number of nitrogens with two attached hydrogens (primary N) is 1. The number of anilines is 1. The van der Waals surface area contributed by atoms with Crippen molar-refractivity contribution >= 4 is 34.8 Å². The summed E-state index contributed by atoms with van der Waals surface area (Å²) in [4.78, 5) is 4.92. The van der Waals surface area contributed by atoms with Crippen LogP contribution >= 0.6 is 24.0 Å². The molecule has 0 radical (unpaired) electrons. The van der Waals surface area contributed by atoms with Crippen LogP contribution in [-0.2, 0) is 0 Å². The lowest BCUT2D eigenvalue weighted by Gasteiger charge is -2.18. The van der Waals surface area contributed by atoms with Crippen LogP contribution in [0.25, 0.3) is 0 Å². The molecule has 0 spiro atoms. The number of thioether (sulfide) groups is 1. The van der Waals surface area contributed by atoms with E-state index in [0.717, 1.165) is 34.8 Å². The van der Waals surface area contributed by atoms with Gasteiger partial charge in [-0.1, -0.05) is 12.2 Å². The number of aromatic nitrogens is 1. The second kappa shape index (κ2) is 6.95. The first-order chi connectivity index (χ1) is 8.45. The number of nitrogens with zero attached hydrogens (tertiary/aromatic N) is 1. The molecule has 0 aromatic carbocycles. The van der Waals surface area contributed by atoms with Gasteiger partial charge in [-0.3, -0.25) is 0 Å². The largest absolute Gasteiger partial charge is 0.389 e. The van der Waals surface area contributed by atoms with E-state index >= 15 is 0 Å². The van der Waals surface area contributed by atoms with Crippen molar-refractivity contribution in [3.63, 3.8) is 0 Å². The molecule has 1 rings (SSSR count). The Morgan fingerprint density at radius 1 is 1.56 bits per heavy atom. The first kappa shape index (κ1) is 15.2. The zero-order chi connectivity index (χ0) is 13.7. The summed E-state index contributed by atoms with van der Waals surface area (Å²) in [5.74, 6) is 1.94. The van der Waals surface area contributed by atoms with Gasteiger partial charge in [0.25, 0.3) is 0 Å². The van der Waals surface area contributed by atoms with E-state index in [1.165, 1.54) is 0 Å². The van der Waals surface area contributed by atoms with Gasteiger partial charge >= 0.3 is 0 Å². The molecule has 0 bridgehead atoms. The first-order valence-corrected chi connectivity index (χ1v) is 7.79. The maximum Gasteiger partial charge on any atom is 0.136 e. The third kappa shape index (κ3) is 4.14. The molecule has 1 aromatic heterocycles. The third-order valence-electron chi connectivity index (χ3n) is 2.73. The molecule has 0 saturated heterocycles. The second-order valence-electron chi connectivity index (χ2n) is 4.50. The minimum Gasteiger partial charge on any atom is -0.389 e. The molecule has 1 unspecified atom stereocenters. The van der Waals surface area contributed by atoms with Crippen molar-refractivity contribution in [2.45, 2.75) is 33.2 Å². The quantitative estimate of drug-likeness (QED) is 0.786. The van der Waals surface area contributed by atoms with Crippen LogP contribution in [0, 0.1) is 13.8 Å². The van der Waals surface area contributed by atoms with E-state index < -0.39 is 0 Å². The average molecular weight is 283 g/mol. The standard InChI is InChI=1S/C13H21N3S2/c1-8-7-10(3)16-13(11(8)12(14)17)15-9(2)5-6-18-4/h7,9H,5-6H2,1-4H3,(H2,14,17)(H,15,16). The molecule has 1 atom stereocenters. The predicted octanol–water partition coefficient (Wildman–Crippen LogP) is 2.89. The molecule has 5 heteroatoms. The van der Waals surface area contributed by atoms with Crippen molar-refractivity contribution in [1.82, 2.24) is 4.98 Å². The number of rotatable bonds is 6. The van der Waals surface area contributed by atoms with Gasteiger partial charge in [0.2, 0.25) is 0 Å². The van der Waals surface area contributed by atoms with Crippen molar-refractivity contribution in [3.8, 4) is 0 Å². The van der Waals surface area contributed by atoms with Crippen molar-refractivity contribution in [2.75, 3.05) is 17.3 Å². The monoisotopic (exact) mass is 283 g/mol. The molecule has 18 heavy (non-hydrogen) atoms. The Balaban J connectivity index is 2.96. The molecule has 0 aliphatic rings.